The van der Waals surface area contributed by atoms with Gasteiger partial charge in [0.25, 0.3) is 0 Å². The lowest BCUT2D eigenvalue weighted by atomic mass is 9.60. The summed E-state index contributed by atoms with van der Waals surface area (Å²) < 4.78 is 6.86. The quantitative estimate of drug-likeness (QED) is 0.169. The zero-order chi connectivity index (χ0) is 38.2. The molecule has 2 heterocycles. The maximum absolute atomic E-state index is 6.86. The first-order valence-corrected chi connectivity index (χ1v) is 20.1. The van der Waals surface area contributed by atoms with Crippen LogP contribution >= 0.6 is 0 Å². The van der Waals surface area contributed by atoms with Gasteiger partial charge in [-0.1, -0.05) is 176 Å². The Morgan fingerprint density at radius 2 is 1.10 bits per heavy atom. The van der Waals surface area contributed by atoms with Crippen molar-refractivity contribution >= 4 is 21.5 Å². The lowest BCUT2D eigenvalue weighted by Gasteiger charge is -2.46. The van der Waals surface area contributed by atoms with Gasteiger partial charge in [-0.15, -0.1) is 0 Å². The second kappa shape index (κ2) is 12.8. The molecule has 1 unspecified atom stereocenters. The average Bonchev–Trinajstić information content (AvgIpc) is 3.59. The van der Waals surface area contributed by atoms with Crippen LogP contribution in [0.2, 0.25) is 0 Å². The van der Waals surface area contributed by atoms with Gasteiger partial charge < -0.3 is 4.74 Å². The maximum atomic E-state index is 6.86. The number of hydrogen-bond donors (Lipinski definition) is 0. The van der Waals surface area contributed by atoms with E-state index < -0.39 is 0 Å². The molecule has 3 nitrogen and oxygen atoms in total. The highest BCUT2D eigenvalue weighted by molar-refractivity contribution is 6.08. The van der Waals surface area contributed by atoms with Crippen molar-refractivity contribution in [1.29, 1.82) is 0 Å². The summed E-state index contributed by atoms with van der Waals surface area (Å²) in [5.74, 6) is 2.81. The molecule has 0 saturated heterocycles. The minimum atomic E-state index is -0.336. The molecule has 12 rings (SSSR count). The van der Waals surface area contributed by atoms with Crippen LogP contribution in [0.1, 0.15) is 23.1 Å². The number of benzene rings is 8. The van der Waals surface area contributed by atoms with Crippen molar-refractivity contribution < 1.29 is 4.74 Å². The summed E-state index contributed by atoms with van der Waals surface area (Å²) in [6.07, 6.45) is 7.52. The molecule has 0 bridgehead atoms. The van der Waals surface area contributed by atoms with E-state index in [9.17, 15) is 0 Å². The highest BCUT2D eigenvalue weighted by atomic mass is 16.5. The molecule has 3 heteroatoms. The van der Waals surface area contributed by atoms with Crippen molar-refractivity contribution in [3.05, 3.63) is 223 Å². The van der Waals surface area contributed by atoms with Crippen LogP contribution in [0.4, 0.5) is 0 Å². The fourth-order valence-electron chi connectivity index (χ4n) is 9.93. The zero-order valence-corrected chi connectivity index (χ0v) is 31.6. The van der Waals surface area contributed by atoms with Gasteiger partial charge in [-0.25, -0.2) is 9.97 Å². The van der Waals surface area contributed by atoms with Crippen LogP contribution in [0.5, 0.6) is 5.75 Å². The van der Waals surface area contributed by atoms with Crippen molar-refractivity contribution in [3.8, 4) is 61.9 Å². The van der Waals surface area contributed by atoms with Gasteiger partial charge in [0.2, 0.25) is 0 Å². The number of nitrogens with zero attached hydrogens (tertiary/aromatic N) is 2. The van der Waals surface area contributed by atoms with E-state index in [2.05, 4.69) is 194 Å². The molecule has 8 aromatic carbocycles. The molecular formula is C55H36N2O. The van der Waals surface area contributed by atoms with E-state index in [-0.39, 0.29) is 11.3 Å². The first-order valence-electron chi connectivity index (χ1n) is 20.1. The predicted octanol–water partition coefficient (Wildman–Crippen LogP) is 13.6. The molecule has 1 atom stereocenters. The molecule has 9 aromatic rings. The monoisotopic (exact) mass is 740 g/mol. The van der Waals surface area contributed by atoms with Crippen LogP contribution in [0, 0.1) is 5.92 Å². The second-order valence-electron chi connectivity index (χ2n) is 15.6. The number of rotatable bonds is 4. The Balaban J connectivity index is 0.947. The normalized spacial score (nSPS) is 15.7. The number of fused-ring (bicyclic) bond motifs is 12. The van der Waals surface area contributed by atoms with Crippen LogP contribution < -0.4 is 4.74 Å². The third-order valence-corrected chi connectivity index (χ3v) is 12.6. The molecule has 1 aliphatic heterocycles. The Hall–Kier alpha value is -7.36. The molecule has 1 spiro atoms. The lowest BCUT2D eigenvalue weighted by molar-refractivity contribution is 0.253. The molecule has 3 aliphatic rings. The summed E-state index contributed by atoms with van der Waals surface area (Å²) in [4.78, 5) is 10.3. The van der Waals surface area contributed by atoms with E-state index in [1.54, 1.807) is 0 Å². The molecular weight excluding hydrogens is 705 g/mol. The molecule has 0 radical (unpaired) electrons. The Kier molecular flexibility index (Phi) is 7.27. The van der Waals surface area contributed by atoms with E-state index in [4.69, 9.17) is 14.7 Å². The Bertz CT molecular complexity index is 3130. The Labute approximate surface area is 337 Å². The molecule has 0 saturated carbocycles. The van der Waals surface area contributed by atoms with E-state index in [1.165, 1.54) is 49.4 Å². The number of allylic oxidation sites excluding steroid dienone is 4. The smallest absolute Gasteiger partial charge is 0.160 e. The molecule has 2 aliphatic carbocycles. The minimum Gasteiger partial charge on any atom is -0.461 e. The predicted molar refractivity (Wildman–Crippen MR) is 237 cm³/mol. The molecule has 0 fully saturated rings. The zero-order valence-electron chi connectivity index (χ0n) is 31.6. The molecule has 272 valence electrons. The fourth-order valence-corrected chi connectivity index (χ4v) is 9.93. The Morgan fingerprint density at radius 3 is 1.91 bits per heavy atom. The molecule has 0 N–H and O–H groups in total. The first-order chi connectivity index (χ1) is 28.7. The highest BCUT2D eigenvalue weighted by Gasteiger charge is 2.55. The van der Waals surface area contributed by atoms with Crippen LogP contribution in [0.25, 0.3) is 77.7 Å². The van der Waals surface area contributed by atoms with Gasteiger partial charge in [-0.2, -0.15) is 0 Å². The van der Waals surface area contributed by atoms with Gasteiger partial charge >= 0.3 is 0 Å². The van der Waals surface area contributed by atoms with E-state index in [1.807, 2.05) is 6.07 Å². The fraction of sp³-hybridized carbons (Fsp3) is 0.0545. The Morgan fingerprint density at radius 1 is 0.466 bits per heavy atom. The van der Waals surface area contributed by atoms with Gasteiger partial charge in [-0.3, -0.25) is 0 Å². The molecule has 1 aromatic heterocycles. The van der Waals surface area contributed by atoms with Crippen LogP contribution in [-0.2, 0) is 5.41 Å². The number of hydrogen-bond acceptors (Lipinski definition) is 3. The highest BCUT2D eigenvalue weighted by Crippen LogP contribution is 2.63. The standard InChI is InChI=1S/C55H36N2O/c1-2-13-37(14-3-1)50-34-51(41-28-30-43-40(32-41)27-24-36-12-4-5-15-42(36)43)57-54(56-50)38-25-22-35(23-26-38)39-29-31-49-53(33-39)58-52-21-11-10-20-48(52)55(49)46-18-8-6-16-44(46)45-17-7-9-19-47(45)55/h1-19,21-34,48H,20H2. The summed E-state index contributed by atoms with van der Waals surface area (Å²) in [5.41, 5.74) is 13.3. The third kappa shape index (κ3) is 4.93. The second-order valence-corrected chi connectivity index (χ2v) is 15.6. The maximum Gasteiger partial charge on any atom is 0.160 e. The van der Waals surface area contributed by atoms with Gasteiger partial charge in [0.1, 0.15) is 11.5 Å². The van der Waals surface area contributed by atoms with E-state index in [0.717, 1.165) is 57.1 Å². The SMILES string of the molecule is C1=CCC2C(=C1)Oc1cc(-c3ccc(-c4nc(-c5ccccc5)cc(-c5ccc6c(ccc7ccccc76)c5)n4)cc3)ccc1C21c2ccccc2-c2ccccc21. The van der Waals surface area contributed by atoms with Crippen molar-refractivity contribution in [1.82, 2.24) is 9.97 Å². The lowest BCUT2D eigenvalue weighted by Crippen LogP contribution is -2.42. The first kappa shape index (κ1) is 32.8. The van der Waals surface area contributed by atoms with Crippen LogP contribution in [-0.4, -0.2) is 9.97 Å². The summed E-state index contributed by atoms with van der Waals surface area (Å²) in [5, 5.41) is 4.93. The summed E-state index contributed by atoms with van der Waals surface area (Å²) >= 11 is 0. The van der Waals surface area contributed by atoms with Gasteiger partial charge in [0.15, 0.2) is 5.82 Å². The van der Waals surface area contributed by atoms with E-state index >= 15 is 0 Å². The largest absolute Gasteiger partial charge is 0.461 e. The third-order valence-electron chi connectivity index (χ3n) is 12.6. The van der Waals surface area contributed by atoms with E-state index in [0.29, 0.717) is 5.82 Å². The summed E-state index contributed by atoms with van der Waals surface area (Å²) in [7, 11) is 0. The van der Waals surface area contributed by atoms with Crippen LogP contribution in [0.3, 0.4) is 0 Å². The minimum absolute atomic E-state index is 0.172. The molecule has 58 heavy (non-hydrogen) atoms. The molecule has 0 amide bonds. The summed E-state index contributed by atoms with van der Waals surface area (Å²) in [6, 6.07) is 65.5. The van der Waals surface area contributed by atoms with Gasteiger partial charge in [-0.05, 0) is 85.6 Å². The van der Waals surface area contributed by atoms with Crippen LogP contribution in [0.15, 0.2) is 206 Å². The average molecular weight is 741 g/mol. The summed E-state index contributed by atoms with van der Waals surface area (Å²) in [6.45, 7) is 0. The van der Waals surface area contributed by atoms with Gasteiger partial charge in [0.05, 0.1) is 16.8 Å². The van der Waals surface area contributed by atoms with Crippen molar-refractivity contribution in [2.75, 3.05) is 0 Å². The van der Waals surface area contributed by atoms with Crippen molar-refractivity contribution in [2.45, 2.75) is 11.8 Å². The van der Waals surface area contributed by atoms with Crippen molar-refractivity contribution in [2.24, 2.45) is 5.92 Å². The van der Waals surface area contributed by atoms with Gasteiger partial charge in [0, 0.05) is 28.2 Å². The van der Waals surface area contributed by atoms with Crippen molar-refractivity contribution in [3.63, 3.8) is 0 Å². The number of ether oxygens (including phenoxy) is 1. The topological polar surface area (TPSA) is 35.0 Å². The number of aromatic nitrogens is 2.